The van der Waals surface area contributed by atoms with Crippen LogP contribution in [-0.2, 0) is 16.6 Å². The Kier molecular flexibility index (Phi) is 9.30. The molecule has 0 aliphatic heterocycles. The van der Waals surface area contributed by atoms with Gasteiger partial charge in [-0.25, -0.2) is 18.1 Å². The molecule has 0 spiro atoms. The largest absolute Gasteiger partial charge is 0.489 e. The molecule has 2 rings (SSSR count). The van der Waals surface area contributed by atoms with E-state index >= 15 is 0 Å². The van der Waals surface area contributed by atoms with Crippen molar-refractivity contribution in [3.8, 4) is 5.75 Å². The van der Waals surface area contributed by atoms with Crippen LogP contribution < -0.4 is 20.1 Å². The molecule has 0 amide bonds. The van der Waals surface area contributed by atoms with Gasteiger partial charge >= 0.3 is 0 Å². The molecule has 1 aromatic rings. The molecule has 0 unspecified atom stereocenters. The van der Waals surface area contributed by atoms with Crippen LogP contribution in [0.15, 0.2) is 41.9 Å². The molecule has 0 heterocycles. The molecule has 0 atom stereocenters. The first kappa shape index (κ1) is 22.2. The maximum absolute atomic E-state index is 12.1. The fraction of sp³-hybridized carbons (Fsp3) is 0.550. The average molecular weight is 409 g/mol. The molecule has 1 aliphatic rings. The first-order valence-corrected chi connectivity index (χ1v) is 11.5. The Hall–Kier alpha value is -2.06. The number of aliphatic imine (C=N–C) groups is 1. The van der Waals surface area contributed by atoms with Gasteiger partial charge in [0, 0.05) is 25.2 Å². The number of sulfonamides is 1. The van der Waals surface area contributed by atoms with Gasteiger partial charge in [0.1, 0.15) is 12.4 Å². The second kappa shape index (κ2) is 11.7. The molecule has 0 aromatic heterocycles. The maximum atomic E-state index is 12.1. The molecule has 0 radical (unpaired) electrons. The topological polar surface area (TPSA) is 91.8 Å². The average Bonchev–Trinajstić information content (AvgIpc) is 2.63. The van der Waals surface area contributed by atoms with Crippen molar-refractivity contribution in [2.75, 3.05) is 32.0 Å². The third-order valence-electron chi connectivity index (χ3n) is 4.56. The summed E-state index contributed by atoms with van der Waals surface area (Å²) in [6, 6.07) is 7.71. The quantitative estimate of drug-likeness (QED) is 0.280. The highest BCUT2D eigenvalue weighted by Gasteiger charge is 2.20. The third-order valence-corrected chi connectivity index (χ3v) is 5.91. The lowest BCUT2D eigenvalue weighted by atomic mass is 9.86. The van der Waals surface area contributed by atoms with E-state index in [1.54, 1.807) is 6.08 Å². The summed E-state index contributed by atoms with van der Waals surface area (Å²) < 4.78 is 32.6. The number of hydrogen-bond donors (Lipinski definition) is 3. The van der Waals surface area contributed by atoms with Gasteiger partial charge in [-0.2, -0.15) is 0 Å². The van der Waals surface area contributed by atoms with Gasteiger partial charge < -0.3 is 15.4 Å². The molecule has 1 saturated carbocycles. The van der Waals surface area contributed by atoms with Crippen LogP contribution in [0.4, 0.5) is 0 Å². The van der Waals surface area contributed by atoms with Crippen molar-refractivity contribution in [2.24, 2.45) is 10.9 Å². The molecular weight excluding hydrogens is 376 g/mol. The van der Waals surface area contributed by atoms with E-state index in [2.05, 4.69) is 26.9 Å². The monoisotopic (exact) mass is 408 g/mol. The Bertz CT molecular complexity index is 746. The summed E-state index contributed by atoms with van der Waals surface area (Å²) in [7, 11) is -3.27. The molecule has 156 valence electrons. The van der Waals surface area contributed by atoms with Gasteiger partial charge in [-0.15, -0.1) is 0 Å². The van der Waals surface area contributed by atoms with Crippen LogP contribution in [0.2, 0.25) is 0 Å². The summed E-state index contributed by atoms with van der Waals surface area (Å²) in [4.78, 5) is 4.54. The van der Waals surface area contributed by atoms with Crippen LogP contribution in [-0.4, -0.2) is 46.4 Å². The number of para-hydroxylation sites is 1. The van der Waals surface area contributed by atoms with E-state index in [-0.39, 0.29) is 5.75 Å². The van der Waals surface area contributed by atoms with Gasteiger partial charge in [0.15, 0.2) is 5.96 Å². The smallest absolute Gasteiger partial charge is 0.213 e. The fourth-order valence-corrected chi connectivity index (χ4v) is 3.75. The second-order valence-electron chi connectivity index (χ2n) is 6.79. The summed E-state index contributed by atoms with van der Waals surface area (Å²) in [5, 5.41) is 6.22. The van der Waals surface area contributed by atoms with Gasteiger partial charge in [0.2, 0.25) is 10.0 Å². The molecule has 3 N–H and O–H groups in total. The van der Waals surface area contributed by atoms with E-state index < -0.39 is 10.0 Å². The number of nitrogens with zero attached hydrogens (tertiary/aromatic N) is 1. The number of hydrogen-bond acceptors (Lipinski definition) is 4. The molecule has 0 bridgehead atoms. The van der Waals surface area contributed by atoms with E-state index in [0.717, 1.165) is 24.2 Å². The SMILES string of the molecule is C=CCOc1ccccc1CN=C(NCC)NCCS(=O)(=O)NCC1CCC1. The van der Waals surface area contributed by atoms with Crippen LogP contribution in [0.3, 0.4) is 0 Å². The Morgan fingerprint density at radius 1 is 1.32 bits per heavy atom. The summed E-state index contributed by atoms with van der Waals surface area (Å²) in [5.74, 6) is 1.87. The highest BCUT2D eigenvalue weighted by atomic mass is 32.2. The van der Waals surface area contributed by atoms with Crippen molar-refractivity contribution in [1.29, 1.82) is 0 Å². The van der Waals surface area contributed by atoms with Crippen LogP contribution in [0.25, 0.3) is 0 Å². The lowest BCUT2D eigenvalue weighted by Gasteiger charge is -2.25. The standard InChI is InChI=1S/C20H32N4O3S/c1-3-13-27-19-11-6-5-10-18(19)16-23-20(21-4-2)22-12-14-28(25,26)24-15-17-8-7-9-17/h3,5-6,10-11,17,24H,1,4,7-9,12-16H2,2H3,(H2,21,22,23). The van der Waals surface area contributed by atoms with Crippen molar-refractivity contribution in [3.63, 3.8) is 0 Å². The molecule has 7 nitrogen and oxygen atoms in total. The minimum atomic E-state index is -3.27. The van der Waals surface area contributed by atoms with Gasteiger partial charge in [0.05, 0.1) is 12.3 Å². The van der Waals surface area contributed by atoms with E-state index in [9.17, 15) is 8.42 Å². The van der Waals surface area contributed by atoms with E-state index in [1.807, 2.05) is 31.2 Å². The van der Waals surface area contributed by atoms with E-state index in [0.29, 0.717) is 44.7 Å². The Morgan fingerprint density at radius 2 is 2.11 bits per heavy atom. The molecule has 28 heavy (non-hydrogen) atoms. The molecule has 1 aromatic carbocycles. The lowest BCUT2D eigenvalue weighted by Crippen LogP contribution is -2.42. The van der Waals surface area contributed by atoms with Crippen LogP contribution >= 0.6 is 0 Å². The first-order chi connectivity index (χ1) is 13.5. The molecule has 1 fully saturated rings. The molecule has 0 saturated heterocycles. The highest BCUT2D eigenvalue weighted by molar-refractivity contribution is 7.89. The highest BCUT2D eigenvalue weighted by Crippen LogP contribution is 2.25. The predicted octanol–water partition coefficient (Wildman–Crippen LogP) is 2.03. The Labute approximate surface area is 168 Å². The van der Waals surface area contributed by atoms with Gasteiger partial charge in [0.25, 0.3) is 0 Å². The second-order valence-corrected chi connectivity index (χ2v) is 8.72. The summed E-state index contributed by atoms with van der Waals surface area (Å²) >= 11 is 0. The third kappa shape index (κ3) is 7.90. The summed E-state index contributed by atoms with van der Waals surface area (Å²) in [5.41, 5.74) is 0.955. The van der Waals surface area contributed by atoms with Gasteiger partial charge in [-0.3, -0.25) is 0 Å². The number of ether oxygens (including phenoxy) is 1. The number of nitrogens with one attached hydrogen (secondary N) is 3. The minimum absolute atomic E-state index is 0.0170. The van der Waals surface area contributed by atoms with Crippen molar-refractivity contribution >= 4 is 16.0 Å². The Morgan fingerprint density at radius 3 is 2.79 bits per heavy atom. The van der Waals surface area contributed by atoms with Crippen LogP contribution in [0.5, 0.6) is 5.75 Å². The first-order valence-electron chi connectivity index (χ1n) is 9.85. The molecule has 1 aliphatic carbocycles. The zero-order chi connectivity index (χ0) is 20.2. The van der Waals surface area contributed by atoms with Crippen molar-refractivity contribution in [1.82, 2.24) is 15.4 Å². The summed E-state index contributed by atoms with van der Waals surface area (Å²) in [6.45, 7) is 8.02. The number of rotatable bonds is 12. The Balaban J connectivity index is 1.85. The molecular formula is C20H32N4O3S. The van der Waals surface area contributed by atoms with Gasteiger partial charge in [-0.05, 0) is 31.7 Å². The van der Waals surface area contributed by atoms with Crippen LogP contribution in [0.1, 0.15) is 31.7 Å². The predicted molar refractivity (Wildman–Crippen MR) is 114 cm³/mol. The normalized spacial score (nSPS) is 15.0. The number of benzene rings is 1. The lowest BCUT2D eigenvalue weighted by molar-refractivity contribution is 0.316. The van der Waals surface area contributed by atoms with Crippen molar-refractivity contribution in [2.45, 2.75) is 32.7 Å². The van der Waals surface area contributed by atoms with Crippen LogP contribution in [0, 0.1) is 5.92 Å². The van der Waals surface area contributed by atoms with E-state index in [4.69, 9.17) is 4.74 Å². The number of guanidine groups is 1. The van der Waals surface area contributed by atoms with Crippen molar-refractivity contribution < 1.29 is 13.2 Å². The van der Waals surface area contributed by atoms with Crippen molar-refractivity contribution in [3.05, 3.63) is 42.5 Å². The fourth-order valence-electron chi connectivity index (χ4n) is 2.75. The molecule has 8 heteroatoms. The minimum Gasteiger partial charge on any atom is -0.489 e. The van der Waals surface area contributed by atoms with Gasteiger partial charge in [-0.1, -0.05) is 37.3 Å². The maximum Gasteiger partial charge on any atom is 0.213 e. The zero-order valence-corrected chi connectivity index (χ0v) is 17.4. The summed E-state index contributed by atoms with van der Waals surface area (Å²) in [6.07, 6.45) is 5.15. The zero-order valence-electron chi connectivity index (χ0n) is 16.6. The van der Waals surface area contributed by atoms with E-state index in [1.165, 1.54) is 6.42 Å².